The minimum Gasteiger partial charge on any atom is -0.349 e. The molecule has 1 N–H and O–H groups in total. The molecule has 1 fully saturated rings. The van der Waals surface area contributed by atoms with E-state index in [0.29, 0.717) is 19.0 Å². The van der Waals surface area contributed by atoms with E-state index >= 15 is 0 Å². The predicted octanol–water partition coefficient (Wildman–Crippen LogP) is 0.530. The zero-order chi connectivity index (χ0) is 18.1. The highest BCUT2D eigenvalue weighted by Crippen LogP contribution is 2.24. The molecule has 0 aromatic carbocycles. The average molecular weight is 335 g/mol. The second-order valence-corrected chi connectivity index (χ2v) is 7.15. The van der Waals surface area contributed by atoms with E-state index in [1.165, 1.54) is 0 Å². The van der Waals surface area contributed by atoms with Crippen LogP contribution in [-0.2, 0) is 18.4 Å². The fraction of sp³-hybridized carbons (Fsp3) is 0.750. The summed E-state index contributed by atoms with van der Waals surface area (Å²) in [5.74, 6) is 2.53. The van der Waals surface area contributed by atoms with Gasteiger partial charge >= 0.3 is 0 Å². The van der Waals surface area contributed by atoms with Crippen LogP contribution in [0.1, 0.15) is 39.3 Å². The summed E-state index contributed by atoms with van der Waals surface area (Å²) in [5, 5.41) is 11.5. The van der Waals surface area contributed by atoms with E-state index in [2.05, 4.69) is 48.2 Å². The molecule has 1 aromatic rings. The van der Waals surface area contributed by atoms with Crippen LogP contribution in [0.25, 0.3) is 0 Å². The molecule has 1 saturated heterocycles. The van der Waals surface area contributed by atoms with Gasteiger partial charge in [-0.2, -0.15) is 0 Å². The van der Waals surface area contributed by atoms with E-state index in [-0.39, 0.29) is 17.5 Å². The normalized spacial score (nSPS) is 18.5. The molecule has 0 spiro atoms. The van der Waals surface area contributed by atoms with Gasteiger partial charge in [-0.05, 0) is 34.6 Å². The number of aryl methyl sites for hydroxylation is 1. The molecule has 1 aliphatic heterocycles. The Hall–Kier alpha value is -2.12. The fourth-order valence-electron chi connectivity index (χ4n) is 3.41. The molecule has 8 nitrogen and oxygen atoms in total. The molecular weight excluding hydrogens is 306 g/mol. The van der Waals surface area contributed by atoms with Gasteiger partial charge in [0, 0.05) is 26.7 Å². The van der Waals surface area contributed by atoms with Gasteiger partial charge in [0.25, 0.3) is 0 Å². The largest absolute Gasteiger partial charge is 0.349 e. The third-order valence-electron chi connectivity index (χ3n) is 4.44. The number of amides is 1. The van der Waals surface area contributed by atoms with Crippen LogP contribution in [0.4, 0.5) is 0 Å². The lowest BCUT2D eigenvalue weighted by Crippen LogP contribution is -2.66. The summed E-state index contributed by atoms with van der Waals surface area (Å²) < 4.78 is 1.94. The Balaban J connectivity index is 2.09. The van der Waals surface area contributed by atoms with E-state index in [1.54, 1.807) is 7.05 Å². The smallest absolute Gasteiger partial charge is 0.242 e. The summed E-state index contributed by atoms with van der Waals surface area (Å²) in [6, 6.07) is 0.186. The lowest BCUT2D eigenvalue weighted by molar-refractivity contribution is -0.145. The van der Waals surface area contributed by atoms with Crippen LogP contribution in [0.2, 0.25) is 0 Å². The Morgan fingerprint density at radius 1 is 1.38 bits per heavy atom. The molecular formula is C16H29N7O. The monoisotopic (exact) mass is 335 g/mol. The summed E-state index contributed by atoms with van der Waals surface area (Å²) in [6.45, 7) is 11.8. The third kappa shape index (κ3) is 3.52. The van der Waals surface area contributed by atoms with Crippen LogP contribution in [0.15, 0.2) is 4.99 Å². The first-order valence-corrected chi connectivity index (χ1v) is 8.30. The molecule has 8 heteroatoms. The van der Waals surface area contributed by atoms with Crippen molar-refractivity contribution in [1.29, 1.82) is 0 Å². The van der Waals surface area contributed by atoms with Gasteiger partial charge in [0.1, 0.15) is 5.82 Å². The van der Waals surface area contributed by atoms with Gasteiger partial charge in [-0.25, -0.2) is 0 Å². The minimum atomic E-state index is -0.248. The molecule has 2 heterocycles. The van der Waals surface area contributed by atoms with Crippen LogP contribution >= 0.6 is 0 Å². The molecule has 0 bridgehead atoms. The molecule has 1 amide bonds. The maximum atomic E-state index is 12.6. The molecule has 134 valence electrons. The summed E-state index contributed by atoms with van der Waals surface area (Å²) in [5.41, 5.74) is -0.248. The van der Waals surface area contributed by atoms with Crippen molar-refractivity contribution in [2.75, 3.05) is 20.1 Å². The second kappa shape index (κ2) is 6.78. The molecule has 1 aromatic heterocycles. The van der Waals surface area contributed by atoms with Crippen molar-refractivity contribution >= 4 is 11.9 Å². The standard InChI is InChI=1S/C16H29N7O/c1-11(2)23-14(24)9-22(10-16(23,4)5)15(17-6)18-8-13-20-19-12(3)21(13)7/h11H,8-10H2,1-7H3,(H,17,18). The average Bonchev–Trinajstić information content (AvgIpc) is 2.77. The van der Waals surface area contributed by atoms with Crippen molar-refractivity contribution in [3.63, 3.8) is 0 Å². The lowest BCUT2D eigenvalue weighted by atomic mass is 9.96. The number of piperazine rings is 1. The highest BCUT2D eigenvalue weighted by Gasteiger charge is 2.40. The maximum Gasteiger partial charge on any atom is 0.242 e. The highest BCUT2D eigenvalue weighted by molar-refractivity contribution is 5.88. The zero-order valence-corrected chi connectivity index (χ0v) is 15.8. The number of nitrogens with one attached hydrogen (secondary N) is 1. The molecule has 0 atom stereocenters. The summed E-state index contributed by atoms with van der Waals surface area (Å²) in [7, 11) is 3.67. The Kier molecular flexibility index (Phi) is 5.15. The number of guanidine groups is 1. The van der Waals surface area contributed by atoms with Crippen LogP contribution in [0.5, 0.6) is 0 Å². The number of aliphatic imine (C=N–C) groups is 1. The van der Waals surface area contributed by atoms with Crippen LogP contribution in [-0.4, -0.2) is 68.1 Å². The van der Waals surface area contributed by atoms with Crippen molar-refractivity contribution in [3.05, 3.63) is 11.6 Å². The first-order valence-electron chi connectivity index (χ1n) is 8.30. The van der Waals surface area contributed by atoms with E-state index < -0.39 is 0 Å². The first kappa shape index (κ1) is 18.2. The van der Waals surface area contributed by atoms with Crippen molar-refractivity contribution < 1.29 is 4.79 Å². The zero-order valence-electron chi connectivity index (χ0n) is 15.8. The highest BCUT2D eigenvalue weighted by atomic mass is 16.2. The van der Waals surface area contributed by atoms with E-state index in [4.69, 9.17) is 0 Å². The Bertz CT molecular complexity index is 632. The Morgan fingerprint density at radius 2 is 2.04 bits per heavy atom. The fourth-order valence-corrected chi connectivity index (χ4v) is 3.41. The van der Waals surface area contributed by atoms with E-state index in [9.17, 15) is 4.79 Å². The van der Waals surface area contributed by atoms with Gasteiger partial charge in [0.05, 0.1) is 18.6 Å². The van der Waals surface area contributed by atoms with Crippen LogP contribution < -0.4 is 5.32 Å². The van der Waals surface area contributed by atoms with Gasteiger partial charge in [-0.15, -0.1) is 10.2 Å². The number of nitrogens with zero attached hydrogens (tertiary/aromatic N) is 6. The van der Waals surface area contributed by atoms with E-state index in [0.717, 1.165) is 18.2 Å². The quantitative estimate of drug-likeness (QED) is 0.644. The molecule has 1 aliphatic rings. The van der Waals surface area contributed by atoms with Crippen molar-refractivity contribution in [1.82, 2.24) is 29.9 Å². The number of carbonyl (C=O) groups excluding carboxylic acids is 1. The molecule has 0 saturated carbocycles. The number of rotatable bonds is 3. The molecule has 0 radical (unpaired) electrons. The van der Waals surface area contributed by atoms with Gasteiger partial charge < -0.3 is 19.7 Å². The minimum absolute atomic E-state index is 0.124. The number of carbonyl (C=O) groups is 1. The molecule has 24 heavy (non-hydrogen) atoms. The second-order valence-electron chi connectivity index (χ2n) is 7.15. The van der Waals surface area contributed by atoms with Crippen molar-refractivity contribution in [2.45, 2.75) is 52.7 Å². The SMILES string of the molecule is CN=C(NCc1nnc(C)n1C)N1CC(=O)N(C(C)C)C(C)(C)C1. The first-order chi connectivity index (χ1) is 11.2. The van der Waals surface area contributed by atoms with Crippen molar-refractivity contribution in [3.8, 4) is 0 Å². The van der Waals surface area contributed by atoms with Crippen molar-refractivity contribution in [2.24, 2.45) is 12.0 Å². The number of aromatic nitrogens is 3. The van der Waals surface area contributed by atoms with Gasteiger partial charge in [-0.1, -0.05) is 0 Å². The number of hydrogen-bond donors (Lipinski definition) is 1. The Labute approximate surface area is 143 Å². The Morgan fingerprint density at radius 3 is 2.50 bits per heavy atom. The van der Waals surface area contributed by atoms with E-state index in [1.807, 2.05) is 28.3 Å². The number of hydrogen-bond acceptors (Lipinski definition) is 4. The van der Waals surface area contributed by atoms with Crippen LogP contribution in [0.3, 0.4) is 0 Å². The summed E-state index contributed by atoms with van der Waals surface area (Å²) in [6.07, 6.45) is 0. The third-order valence-corrected chi connectivity index (χ3v) is 4.44. The molecule has 2 rings (SSSR count). The van der Waals surface area contributed by atoms with Gasteiger partial charge in [0.15, 0.2) is 11.8 Å². The molecule has 0 aliphatic carbocycles. The topological polar surface area (TPSA) is 78.6 Å². The molecule has 0 unspecified atom stereocenters. The summed E-state index contributed by atoms with van der Waals surface area (Å²) >= 11 is 0. The lowest BCUT2D eigenvalue weighted by Gasteiger charge is -2.49. The predicted molar refractivity (Wildman–Crippen MR) is 93.6 cm³/mol. The van der Waals surface area contributed by atoms with Gasteiger partial charge in [-0.3, -0.25) is 9.79 Å². The summed E-state index contributed by atoms with van der Waals surface area (Å²) in [4.78, 5) is 20.9. The van der Waals surface area contributed by atoms with Crippen LogP contribution in [0, 0.1) is 6.92 Å². The maximum absolute atomic E-state index is 12.6. The van der Waals surface area contributed by atoms with Gasteiger partial charge in [0.2, 0.25) is 5.91 Å².